The number of anilines is 2. The number of amides is 1. The number of nitrogens with zero attached hydrogens (tertiary/aromatic N) is 3. The Morgan fingerprint density at radius 1 is 1.11 bits per heavy atom. The summed E-state index contributed by atoms with van der Waals surface area (Å²) >= 11 is 0. The number of hydrogen-bond acceptors (Lipinski definition) is 5. The van der Waals surface area contributed by atoms with Gasteiger partial charge in [-0.3, -0.25) is 4.79 Å². The lowest BCUT2D eigenvalue weighted by molar-refractivity contribution is 0.102. The van der Waals surface area contributed by atoms with Gasteiger partial charge in [0.25, 0.3) is 5.91 Å². The Hall–Kier alpha value is -2.87. The van der Waals surface area contributed by atoms with Crippen LogP contribution in [0.2, 0.25) is 0 Å². The molecule has 1 aromatic carbocycles. The van der Waals surface area contributed by atoms with E-state index in [-0.39, 0.29) is 10.8 Å². The molecule has 0 unspecified atom stereocenters. The Kier molecular flexibility index (Phi) is 4.35. The first-order chi connectivity index (χ1) is 12.9. The minimum Gasteiger partial charge on any atom is -0.371 e. The number of aromatic nitrogens is 2. The van der Waals surface area contributed by atoms with Crippen molar-refractivity contribution in [2.45, 2.75) is 17.7 Å². The summed E-state index contributed by atoms with van der Waals surface area (Å²) in [5.74, 6) is -0.282. The largest absolute Gasteiger partial charge is 0.371 e. The van der Waals surface area contributed by atoms with Crippen LogP contribution < -0.4 is 10.2 Å². The van der Waals surface area contributed by atoms with Crippen LogP contribution in [0.4, 0.5) is 11.4 Å². The van der Waals surface area contributed by atoms with E-state index in [9.17, 15) is 13.2 Å². The molecule has 1 amide bonds. The molecule has 0 bridgehead atoms. The fourth-order valence-corrected chi connectivity index (χ4v) is 3.93. The number of fused-ring (bicyclic) bond motifs is 1. The van der Waals surface area contributed by atoms with Crippen molar-refractivity contribution in [1.82, 2.24) is 9.61 Å². The highest BCUT2D eigenvalue weighted by Crippen LogP contribution is 2.24. The van der Waals surface area contributed by atoms with E-state index in [1.807, 2.05) is 18.3 Å². The van der Waals surface area contributed by atoms with E-state index in [0.29, 0.717) is 11.3 Å². The second-order valence-corrected chi connectivity index (χ2v) is 8.73. The molecule has 0 atom stereocenters. The van der Waals surface area contributed by atoms with Crippen LogP contribution >= 0.6 is 0 Å². The molecule has 1 N–H and O–H groups in total. The SMILES string of the molecule is CS(=O)(=O)c1ccc(NC(=O)c2cnn3ccc(N4CCCC4)cc23)cc1. The fourth-order valence-electron chi connectivity index (χ4n) is 3.30. The third kappa shape index (κ3) is 3.52. The normalized spacial score (nSPS) is 14.6. The van der Waals surface area contributed by atoms with Crippen molar-refractivity contribution in [1.29, 1.82) is 0 Å². The van der Waals surface area contributed by atoms with Crippen LogP contribution in [-0.4, -0.2) is 43.3 Å². The Balaban J connectivity index is 1.59. The van der Waals surface area contributed by atoms with Gasteiger partial charge in [0.1, 0.15) is 0 Å². The van der Waals surface area contributed by atoms with Gasteiger partial charge in [0, 0.05) is 36.9 Å². The molecule has 7 nitrogen and oxygen atoms in total. The lowest BCUT2D eigenvalue weighted by atomic mass is 10.2. The summed E-state index contributed by atoms with van der Waals surface area (Å²) in [6.07, 6.45) is 6.92. The summed E-state index contributed by atoms with van der Waals surface area (Å²) in [5, 5.41) is 7.06. The van der Waals surface area contributed by atoms with Crippen molar-refractivity contribution < 1.29 is 13.2 Å². The smallest absolute Gasteiger partial charge is 0.259 e. The number of benzene rings is 1. The number of rotatable bonds is 4. The minimum atomic E-state index is -3.26. The standard InChI is InChI=1S/C19H20N4O3S/c1-27(25,26)16-6-4-14(5-7-16)21-19(24)17-13-20-23-11-8-15(12-18(17)23)22-9-2-3-10-22/h4-8,11-13H,2-3,9-10H2,1H3,(H,21,24). The topological polar surface area (TPSA) is 83.8 Å². The van der Waals surface area contributed by atoms with E-state index in [0.717, 1.165) is 30.5 Å². The first-order valence-corrected chi connectivity index (χ1v) is 10.6. The molecule has 1 aliphatic rings. The number of hydrogen-bond donors (Lipinski definition) is 1. The average molecular weight is 384 g/mol. The molecule has 2 aromatic heterocycles. The zero-order valence-electron chi connectivity index (χ0n) is 14.9. The molecular weight excluding hydrogens is 364 g/mol. The maximum Gasteiger partial charge on any atom is 0.259 e. The first-order valence-electron chi connectivity index (χ1n) is 8.76. The Bertz CT molecular complexity index is 1100. The highest BCUT2D eigenvalue weighted by atomic mass is 32.2. The maximum absolute atomic E-state index is 12.7. The zero-order valence-corrected chi connectivity index (χ0v) is 15.7. The van der Waals surface area contributed by atoms with Crippen molar-refractivity contribution in [3.8, 4) is 0 Å². The van der Waals surface area contributed by atoms with E-state index >= 15 is 0 Å². The maximum atomic E-state index is 12.7. The highest BCUT2D eigenvalue weighted by Gasteiger charge is 2.17. The van der Waals surface area contributed by atoms with Crippen LogP contribution in [-0.2, 0) is 9.84 Å². The highest BCUT2D eigenvalue weighted by molar-refractivity contribution is 7.90. The Morgan fingerprint density at radius 3 is 2.48 bits per heavy atom. The van der Waals surface area contributed by atoms with Crippen LogP contribution in [0.5, 0.6) is 0 Å². The van der Waals surface area contributed by atoms with Gasteiger partial charge in [0.15, 0.2) is 9.84 Å². The predicted octanol–water partition coefficient (Wildman–Crippen LogP) is 2.59. The van der Waals surface area contributed by atoms with E-state index in [1.54, 1.807) is 22.8 Å². The molecule has 3 aromatic rings. The van der Waals surface area contributed by atoms with Gasteiger partial charge in [0.05, 0.1) is 22.2 Å². The molecule has 140 valence electrons. The van der Waals surface area contributed by atoms with E-state index in [1.165, 1.54) is 25.0 Å². The molecule has 0 radical (unpaired) electrons. The summed E-state index contributed by atoms with van der Waals surface area (Å²) in [6.45, 7) is 2.05. The van der Waals surface area contributed by atoms with E-state index < -0.39 is 9.84 Å². The van der Waals surface area contributed by atoms with Crippen LogP contribution in [0, 0.1) is 0 Å². The molecule has 1 fully saturated rings. The van der Waals surface area contributed by atoms with Crippen molar-refractivity contribution in [2.75, 3.05) is 29.6 Å². The molecule has 3 heterocycles. The first kappa shape index (κ1) is 17.5. The van der Waals surface area contributed by atoms with Gasteiger partial charge in [-0.25, -0.2) is 12.9 Å². The van der Waals surface area contributed by atoms with Gasteiger partial charge in [-0.05, 0) is 49.2 Å². The number of nitrogens with one attached hydrogen (secondary N) is 1. The Labute approximate surface area is 157 Å². The molecule has 1 saturated heterocycles. The van der Waals surface area contributed by atoms with Gasteiger partial charge in [-0.15, -0.1) is 0 Å². The number of pyridine rings is 1. The van der Waals surface area contributed by atoms with Crippen LogP contribution in [0.1, 0.15) is 23.2 Å². The number of carbonyl (C=O) groups is 1. The van der Waals surface area contributed by atoms with Crippen LogP contribution in [0.25, 0.3) is 5.52 Å². The lowest BCUT2D eigenvalue weighted by Gasteiger charge is -2.17. The lowest BCUT2D eigenvalue weighted by Crippen LogP contribution is -2.18. The fraction of sp³-hybridized carbons (Fsp3) is 0.263. The summed E-state index contributed by atoms with van der Waals surface area (Å²) in [5.41, 5.74) is 2.84. The molecule has 8 heteroatoms. The summed E-state index contributed by atoms with van der Waals surface area (Å²) < 4.78 is 24.8. The van der Waals surface area contributed by atoms with Crippen molar-refractivity contribution in [2.24, 2.45) is 0 Å². The number of carbonyl (C=O) groups excluding carboxylic acids is 1. The molecular formula is C19H20N4O3S. The molecule has 1 aliphatic heterocycles. The molecule has 0 spiro atoms. The predicted molar refractivity (Wildman–Crippen MR) is 104 cm³/mol. The monoisotopic (exact) mass is 384 g/mol. The van der Waals surface area contributed by atoms with Gasteiger partial charge in [-0.2, -0.15) is 5.10 Å². The van der Waals surface area contributed by atoms with E-state index in [2.05, 4.69) is 15.3 Å². The molecule has 0 aliphatic carbocycles. The van der Waals surface area contributed by atoms with E-state index in [4.69, 9.17) is 0 Å². The summed E-state index contributed by atoms with van der Waals surface area (Å²) in [7, 11) is -3.26. The van der Waals surface area contributed by atoms with Crippen molar-refractivity contribution in [3.05, 3.63) is 54.4 Å². The summed E-state index contributed by atoms with van der Waals surface area (Å²) in [4.78, 5) is 15.2. The molecule has 4 rings (SSSR count). The van der Waals surface area contributed by atoms with Gasteiger partial charge < -0.3 is 10.2 Å². The average Bonchev–Trinajstić information content (AvgIpc) is 3.30. The minimum absolute atomic E-state index is 0.215. The third-order valence-corrected chi connectivity index (χ3v) is 5.89. The van der Waals surface area contributed by atoms with Gasteiger partial charge in [0.2, 0.25) is 0 Å². The van der Waals surface area contributed by atoms with Crippen molar-refractivity contribution >= 4 is 32.6 Å². The van der Waals surface area contributed by atoms with Crippen molar-refractivity contribution in [3.63, 3.8) is 0 Å². The second-order valence-electron chi connectivity index (χ2n) is 6.72. The third-order valence-electron chi connectivity index (χ3n) is 4.76. The second kappa shape index (κ2) is 6.70. The van der Waals surface area contributed by atoms with Gasteiger partial charge in [-0.1, -0.05) is 0 Å². The molecule has 0 saturated carbocycles. The molecule has 27 heavy (non-hydrogen) atoms. The number of sulfone groups is 1. The van der Waals surface area contributed by atoms with Crippen LogP contribution in [0.3, 0.4) is 0 Å². The summed E-state index contributed by atoms with van der Waals surface area (Å²) in [6, 6.07) is 10.1. The zero-order chi connectivity index (χ0) is 19.0. The Morgan fingerprint density at radius 2 is 1.81 bits per heavy atom. The quantitative estimate of drug-likeness (QED) is 0.747. The van der Waals surface area contributed by atoms with Gasteiger partial charge >= 0.3 is 0 Å². The van der Waals surface area contributed by atoms with Crippen LogP contribution in [0.15, 0.2) is 53.7 Å².